The molecule has 0 amide bonds. The summed E-state index contributed by atoms with van der Waals surface area (Å²) in [7, 11) is 4.87. The number of methoxy groups -OCH3 is 3. The fraction of sp³-hybridized carbons (Fsp3) is 0.333. The van der Waals surface area contributed by atoms with Gasteiger partial charge in [-0.15, -0.1) is 0 Å². The third-order valence-corrected chi connectivity index (χ3v) is 5.98. The normalized spacial score (nSPS) is 14.5. The topological polar surface area (TPSA) is 60.4 Å². The lowest BCUT2D eigenvalue weighted by Gasteiger charge is -2.22. The number of fused-ring (bicyclic) bond motifs is 1. The molecule has 0 aromatic heterocycles. The molecule has 1 heterocycles. The van der Waals surface area contributed by atoms with E-state index in [2.05, 4.69) is 11.0 Å². The molecule has 0 aliphatic carbocycles. The van der Waals surface area contributed by atoms with Crippen molar-refractivity contribution < 1.29 is 24.1 Å². The average Bonchev–Trinajstić information content (AvgIpc) is 3.05. The van der Waals surface area contributed by atoms with Gasteiger partial charge in [0.25, 0.3) is 0 Å². The maximum atomic E-state index is 10.8. The van der Waals surface area contributed by atoms with E-state index in [9.17, 15) is 5.11 Å². The van der Waals surface area contributed by atoms with Crippen molar-refractivity contribution in [3.8, 4) is 23.0 Å². The Hall–Kier alpha value is -3.22. The first kappa shape index (κ1) is 23.0. The fourth-order valence-corrected chi connectivity index (χ4v) is 4.29. The minimum atomic E-state index is -0.569. The first-order chi connectivity index (χ1) is 16.1. The van der Waals surface area contributed by atoms with Crippen LogP contribution in [0.15, 0.2) is 60.7 Å². The molecule has 0 saturated heterocycles. The molecule has 1 aliphatic rings. The van der Waals surface area contributed by atoms with Crippen molar-refractivity contribution in [3.05, 3.63) is 82.9 Å². The Morgan fingerprint density at radius 1 is 0.939 bits per heavy atom. The van der Waals surface area contributed by atoms with Gasteiger partial charge in [0, 0.05) is 37.2 Å². The number of ether oxygens (including phenoxy) is 4. The zero-order chi connectivity index (χ0) is 23.2. The largest absolute Gasteiger partial charge is 0.493 e. The van der Waals surface area contributed by atoms with Gasteiger partial charge in [-0.2, -0.15) is 0 Å². The van der Waals surface area contributed by atoms with E-state index in [-0.39, 0.29) is 0 Å². The van der Waals surface area contributed by atoms with Crippen molar-refractivity contribution in [1.82, 2.24) is 4.90 Å². The number of benzene rings is 3. The lowest BCUT2D eigenvalue weighted by molar-refractivity contribution is 0.178. The van der Waals surface area contributed by atoms with Gasteiger partial charge in [-0.1, -0.05) is 42.5 Å². The molecule has 6 nitrogen and oxygen atoms in total. The van der Waals surface area contributed by atoms with Gasteiger partial charge in [-0.05, 0) is 29.3 Å². The Kier molecular flexibility index (Phi) is 7.37. The van der Waals surface area contributed by atoms with Crippen LogP contribution in [0.2, 0.25) is 0 Å². The molecule has 0 unspecified atom stereocenters. The molecular formula is C27H31NO5. The van der Waals surface area contributed by atoms with Gasteiger partial charge in [-0.25, -0.2) is 0 Å². The highest BCUT2D eigenvalue weighted by atomic mass is 16.5. The SMILES string of the molecule is COc1ccc(CN2CCOc3ccc([C@@H](O)Cc4ccccc4)cc3C2)c(OC)c1OC. The highest BCUT2D eigenvalue weighted by Crippen LogP contribution is 2.40. The monoisotopic (exact) mass is 449 g/mol. The quantitative estimate of drug-likeness (QED) is 0.551. The van der Waals surface area contributed by atoms with Crippen LogP contribution in [0.3, 0.4) is 0 Å². The lowest BCUT2D eigenvalue weighted by Crippen LogP contribution is -2.25. The van der Waals surface area contributed by atoms with Crippen LogP contribution < -0.4 is 18.9 Å². The molecule has 3 aromatic rings. The summed E-state index contributed by atoms with van der Waals surface area (Å²) in [6, 6.07) is 19.9. The predicted octanol–water partition coefficient (Wildman–Crippen LogP) is 4.38. The third kappa shape index (κ3) is 5.24. The second-order valence-electron chi connectivity index (χ2n) is 8.13. The van der Waals surface area contributed by atoms with Crippen LogP contribution in [0.5, 0.6) is 23.0 Å². The Morgan fingerprint density at radius 3 is 2.45 bits per heavy atom. The second kappa shape index (κ2) is 10.6. The molecule has 1 aliphatic heterocycles. The molecule has 1 N–H and O–H groups in total. The van der Waals surface area contributed by atoms with Crippen molar-refractivity contribution in [1.29, 1.82) is 0 Å². The maximum absolute atomic E-state index is 10.8. The van der Waals surface area contributed by atoms with Crippen LogP contribution in [0.25, 0.3) is 0 Å². The van der Waals surface area contributed by atoms with Crippen LogP contribution in [-0.4, -0.2) is 44.5 Å². The van der Waals surface area contributed by atoms with Gasteiger partial charge in [0.05, 0.1) is 27.4 Å². The predicted molar refractivity (Wildman–Crippen MR) is 127 cm³/mol. The molecule has 0 fully saturated rings. The van der Waals surface area contributed by atoms with Gasteiger partial charge in [0.2, 0.25) is 5.75 Å². The number of aliphatic hydroxyl groups excluding tert-OH is 1. The maximum Gasteiger partial charge on any atom is 0.203 e. The fourth-order valence-electron chi connectivity index (χ4n) is 4.29. The summed E-state index contributed by atoms with van der Waals surface area (Å²) in [5.74, 6) is 2.77. The molecule has 6 heteroatoms. The Bertz CT molecular complexity index is 1070. The first-order valence-corrected chi connectivity index (χ1v) is 11.1. The third-order valence-electron chi connectivity index (χ3n) is 5.98. The summed E-state index contributed by atoms with van der Waals surface area (Å²) in [5.41, 5.74) is 4.08. The number of rotatable bonds is 8. The molecule has 0 spiro atoms. The number of nitrogens with zero attached hydrogens (tertiary/aromatic N) is 1. The van der Waals surface area contributed by atoms with E-state index in [1.165, 1.54) is 0 Å². The standard InChI is InChI=1S/C27H31NO5/c1-30-25-12-10-21(26(31-2)27(25)32-3)17-28-13-14-33-24-11-9-20(16-22(24)18-28)23(29)15-19-7-5-4-6-8-19/h4-12,16,23,29H,13-15,17-18H2,1-3H3/t23-/m0/s1. The molecule has 174 valence electrons. The van der Waals surface area contributed by atoms with Crippen molar-refractivity contribution in [2.75, 3.05) is 34.5 Å². The molecule has 0 radical (unpaired) electrons. The first-order valence-electron chi connectivity index (χ1n) is 11.1. The van der Waals surface area contributed by atoms with E-state index < -0.39 is 6.10 Å². The van der Waals surface area contributed by atoms with Gasteiger partial charge in [-0.3, -0.25) is 4.90 Å². The van der Waals surface area contributed by atoms with Crippen molar-refractivity contribution >= 4 is 0 Å². The van der Waals surface area contributed by atoms with E-state index in [1.54, 1.807) is 21.3 Å². The lowest BCUT2D eigenvalue weighted by atomic mass is 9.99. The molecule has 0 saturated carbocycles. The zero-order valence-corrected chi connectivity index (χ0v) is 19.4. The van der Waals surface area contributed by atoms with Gasteiger partial charge >= 0.3 is 0 Å². The summed E-state index contributed by atoms with van der Waals surface area (Å²) in [5, 5.41) is 10.8. The highest BCUT2D eigenvalue weighted by molar-refractivity contribution is 5.55. The van der Waals surface area contributed by atoms with Crippen molar-refractivity contribution in [3.63, 3.8) is 0 Å². The number of hydrogen-bond donors (Lipinski definition) is 1. The van der Waals surface area contributed by atoms with Crippen LogP contribution in [0.4, 0.5) is 0 Å². The summed E-state index contributed by atoms with van der Waals surface area (Å²) < 4.78 is 22.6. The molecule has 3 aromatic carbocycles. The highest BCUT2D eigenvalue weighted by Gasteiger charge is 2.21. The Balaban J connectivity index is 1.54. The van der Waals surface area contributed by atoms with E-state index >= 15 is 0 Å². The minimum Gasteiger partial charge on any atom is -0.493 e. The summed E-state index contributed by atoms with van der Waals surface area (Å²) >= 11 is 0. The molecule has 33 heavy (non-hydrogen) atoms. The van der Waals surface area contributed by atoms with E-state index in [0.717, 1.165) is 34.5 Å². The summed E-state index contributed by atoms with van der Waals surface area (Å²) in [6.45, 7) is 2.74. The van der Waals surface area contributed by atoms with Crippen LogP contribution in [0, 0.1) is 0 Å². The second-order valence-corrected chi connectivity index (χ2v) is 8.13. The summed E-state index contributed by atoms with van der Waals surface area (Å²) in [6.07, 6.45) is 0.00730. The van der Waals surface area contributed by atoms with Crippen LogP contribution in [0.1, 0.15) is 28.4 Å². The van der Waals surface area contributed by atoms with Gasteiger partial charge < -0.3 is 24.1 Å². The Labute approximate surface area is 195 Å². The van der Waals surface area contributed by atoms with Crippen molar-refractivity contribution in [2.24, 2.45) is 0 Å². The molecule has 1 atom stereocenters. The minimum absolute atomic E-state index is 0.569. The molecule has 4 rings (SSSR count). The Morgan fingerprint density at radius 2 is 1.73 bits per heavy atom. The number of aliphatic hydroxyl groups is 1. The van der Waals surface area contributed by atoms with Gasteiger partial charge in [0.1, 0.15) is 12.4 Å². The van der Waals surface area contributed by atoms with E-state index in [4.69, 9.17) is 18.9 Å². The van der Waals surface area contributed by atoms with Crippen molar-refractivity contribution in [2.45, 2.75) is 25.6 Å². The molecule has 0 bridgehead atoms. The average molecular weight is 450 g/mol. The zero-order valence-electron chi connectivity index (χ0n) is 19.4. The van der Waals surface area contributed by atoms with E-state index in [0.29, 0.717) is 43.4 Å². The number of hydrogen-bond acceptors (Lipinski definition) is 6. The van der Waals surface area contributed by atoms with E-state index in [1.807, 2.05) is 54.6 Å². The van der Waals surface area contributed by atoms with Crippen LogP contribution in [-0.2, 0) is 19.5 Å². The molecular weight excluding hydrogens is 418 g/mol. The van der Waals surface area contributed by atoms with Crippen LogP contribution >= 0.6 is 0 Å². The van der Waals surface area contributed by atoms with Gasteiger partial charge in [0.15, 0.2) is 11.5 Å². The summed E-state index contributed by atoms with van der Waals surface area (Å²) in [4.78, 5) is 2.31. The smallest absolute Gasteiger partial charge is 0.203 e.